The molecule has 7 nitrogen and oxygen atoms in total. The van der Waals surface area contributed by atoms with Crippen molar-refractivity contribution < 1.29 is 23.5 Å². The summed E-state index contributed by atoms with van der Waals surface area (Å²) in [6.45, 7) is 1.67. The Labute approximate surface area is 161 Å². The van der Waals surface area contributed by atoms with E-state index in [9.17, 15) is 4.79 Å². The molecular formula is C21H18N2O5. The summed E-state index contributed by atoms with van der Waals surface area (Å²) in [4.78, 5) is 14.9. The molecule has 28 heavy (non-hydrogen) atoms. The van der Waals surface area contributed by atoms with Gasteiger partial charge in [0.2, 0.25) is 6.79 Å². The number of ether oxygens (including phenoxy) is 3. The fourth-order valence-electron chi connectivity index (χ4n) is 3.51. The van der Waals surface area contributed by atoms with E-state index in [1.54, 1.807) is 11.0 Å². The standard InChI is InChI=1S/C21H18N2O5/c24-21(23-8-9-25-12-17(23)14-4-2-1-3-5-14)16-11-19(28-22-16)15-6-7-18-20(10-15)27-13-26-18/h1-7,10-11,17H,8-9,12-13H2. The molecule has 1 saturated heterocycles. The summed E-state index contributed by atoms with van der Waals surface area (Å²) in [6.07, 6.45) is 0. The maximum absolute atomic E-state index is 13.1. The van der Waals surface area contributed by atoms with Gasteiger partial charge in [0.05, 0.1) is 19.3 Å². The van der Waals surface area contributed by atoms with Crippen molar-refractivity contribution in [2.75, 3.05) is 26.6 Å². The lowest BCUT2D eigenvalue weighted by Gasteiger charge is -2.35. The molecule has 0 aliphatic carbocycles. The Morgan fingerprint density at radius 3 is 2.79 bits per heavy atom. The maximum Gasteiger partial charge on any atom is 0.276 e. The van der Waals surface area contributed by atoms with Crippen LogP contribution >= 0.6 is 0 Å². The molecule has 1 aromatic heterocycles. The Morgan fingerprint density at radius 1 is 1.04 bits per heavy atom. The molecule has 0 N–H and O–H groups in total. The van der Waals surface area contributed by atoms with Crippen LogP contribution in [0.25, 0.3) is 11.3 Å². The number of hydrogen-bond donors (Lipinski definition) is 0. The third-order valence-corrected chi connectivity index (χ3v) is 4.96. The molecule has 7 heteroatoms. The molecule has 1 atom stereocenters. The number of carbonyl (C=O) groups excluding carboxylic acids is 1. The zero-order valence-electron chi connectivity index (χ0n) is 15.0. The van der Waals surface area contributed by atoms with Gasteiger partial charge in [-0.25, -0.2) is 0 Å². The molecular weight excluding hydrogens is 360 g/mol. The summed E-state index contributed by atoms with van der Waals surface area (Å²) >= 11 is 0. The number of benzene rings is 2. The van der Waals surface area contributed by atoms with Gasteiger partial charge in [-0.3, -0.25) is 4.79 Å². The molecule has 0 spiro atoms. The van der Waals surface area contributed by atoms with E-state index in [-0.39, 0.29) is 24.4 Å². The fraction of sp³-hybridized carbons (Fsp3) is 0.238. The second kappa shape index (κ2) is 7.01. The van der Waals surface area contributed by atoms with Gasteiger partial charge in [-0.1, -0.05) is 35.5 Å². The lowest BCUT2D eigenvalue weighted by atomic mass is 10.0. The number of hydrogen-bond acceptors (Lipinski definition) is 6. The molecule has 1 unspecified atom stereocenters. The van der Waals surface area contributed by atoms with Crippen molar-refractivity contribution in [2.45, 2.75) is 6.04 Å². The SMILES string of the molecule is O=C(c1cc(-c2ccc3c(c2)OCO3)on1)N1CCOCC1c1ccccc1. The highest BCUT2D eigenvalue weighted by Crippen LogP contribution is 2.36. The van der Waals surface area contributed by atoms with E-state index in [1.807, 2.05) is 48.5 Å². The van der Waals surface area contributed by atoms with Crippen molar-refractivity contribution in [3.8, 4) is 22.8 Å². The minimum absolute atomic E-state index is 0.145. The Kier molecular flexibility index (Phi) is 4.21. The van der Waals surface area contributed by atoms with Crippen LogP contribution in [0.4, 0.5) is 0 Å². The average molecular weight is 378 g/mol. The smallest absolute Gasteiger partial charge is 0.276 e. The zero-order valence-corrected chi connectivity index (χ0v) is 15.0. The van der Waals surface area contributed by atoms with E-state index in [2.05, 4.69) is 5.16 Å². The number of nitrogens with zero attached hydrogens (tertiary/aromatic N) is 2. The molecule has 2 aromatic carbocycles. The van der Waals surface area contributed by atoms with Gasteiger partial charge in [0.25, 0.3) is 5.91 Å². The van der Waals surface area contributed by atoms with Crippen molar-refractivity contribution >= 4 is 5.91 Å². The highest BCUT2D eigenvalue weighted by Gasteiger charge is 2.31. The summed E-state index contributed by atoms with van der Waals surface area (Å²) in [5, 5.41) is 4.01. The number of morpholine rings is 1. The maximum atomic E-state index is 13.1. The van der Waals surface area contributed by atoms with E-state index in [4.69, 9.17) is 18.7 Å². The van der Waals surface area contributed by atoms with Crippen LogP contribution < -0.4 is 9.47 Å². The van der Waals surface area contributed by atoms with E-state index in [0.29, 0.717) is 37.0 Å². The average Bonchev–Trinajstić information content (AvgIpc) is 3.43. The predicted molar refractivity (Wildman–Crippen MR) is 99.1 cm³/mol. The van der Waals surface area contributed by atoms with Crippen molar-refractivity contribution in [1.29, 1.82) is 0 Å². The minimum Gasteiger partial charge on any atom is -0.454 e. The summed E-state index contributed by atoms with van der Waals surface area (Å²) in [7, 11) is 0. The Balaban J connectivity index is 1.41. The zero-order chi connectivity index (χ0) is 18.9. The van der Waals surface area contributed by atoms with Crippen LogP contribution in [0.3, 0.4) is 0 Å². The highest BCUT2D eigenvalue weighted by molar-refractivity contribution is 5.93. The molecule has 2 aliphatic heterocycles. The Bertz CT molecular complexity index is 1000. The van der Waals surface area contributed by atoms with Crippen LogP contribution in [0.1, 0.15) is 22.1 Å². The summed E-state index contributed by atoms with van der Waals surface area (Å²) < 4.78 is 21.8. The molecule has 5 rings (SSSR count). The molecule has 1 amide bonds. The largest absolute Gasteiger partial charge is 0.454 e. The first kappa shape index (κ1) is 16.8. The second-order valence-corrected chi connectivity index (χ2v) is 6.64. The number of rotatable bonds is 3. The third-order valence-electron chi connectivity index (χ3n) is 4.96. The van der Waals surface area contributed by atoms with E-state index in [0.717, 1.165) is 11.1 Å². The number of carbonyl (C=O) groups is 1. The number of aromatic nitrogens is 1. The first-order chi connectivity index (χ1) is 13.8. The molecule has 1 fully saturated rings. The van der Waals surface area contributed by atoms with Crippen LogP contribution in [0.5, 0.6) is 11.5 Å². The molecule has 142 valence electrons. The van der Waals surface area contributed by atoms with E-state index >= 15 is 0 Å². The second-order valence-electron chi connectivity index (χ2n) is 6.64. The van der Waals surface area contributed by atoms with Crippen molar-refractivity contribution in [3.63, 3.8) is 0 Å². The Morgan fingerprint density at radius 2 is 1.89 bits per heavy atom. The summed E-state index contributed by atoms with van der Waals surface area (Å²) in [6, 6.07) is 16.9. The predicted octanol–water partition coefficient (Wildman–Crippen LogP) is 3.28. The molecule has 0 radical (unpaired) electrons. The molecule has 0 bridgehead atoms. The van der Waals surface area contributed by atoms with Crippen LogP contribution in [-0.4, -0.2) is 42.5 Å². The summed E-state index contributed by atoms with van der Waals surface area (Å²) in [5.41, 5.74) is 2.09. The quantitative estimate of drug-likeness (QED) is 0.696. The van der Waals surface area contributed by atoms with E-state index in [1.165, 1.54) is 0 Å². The van der Waals surface area contributed by atoms with Gasteiger partial charge in [0, 0.05) is 18.2 Å². The van der Waals surface area contributed by atoms with Gasteiger partial charge in [0.1, 0.15) is 0 Å². The highest BCUT2D eigenvalue weighted by atomic mass is 16.7. The van der Waals surface area contributed by atoms with Gasteiger partial charge in [-0.2, -0.15) is 0 Å². The number of amides is 1. The lowest BCUT2D eigenvalue weighted by molar-refractivity contribution is -0.00320. The number of fused-ring (bicyclic) bond motifs is 1. The molecule has 3 heterocycles. The van der Waals surface area contributed by atoms with Crippen molar-refractivity contribution in [2.24, 2.45) is 0 Å². The van der Waals surface area contributed by atoms with Gasteiger partial charge >= 0.3 is 0 Å². The van der Waals surface area contributed by atoms with Gasteiger partial charge < -0.3 is 23.6 Å². The third kappa shape index (κ3) is 2.99. The van der Waals surface area contributed by atoms with Gasteiger partial charge in [-0.05, 0) is 23.8 Å². The minimum atomic E-state index is -0.173. The van der Waals surface area contributed by atoms with Gasteiger partial charge in [-0.15, -0.1) is 0 Å². The van der Waals surface area contributed by atoms with Gasteiger partial charge in [0.15, 0.2) is 23.0 Å². The van der Waals surface area contributed by atoms with Crippen LogP contribution in [0.15, 0.2) is 59.1 Å². The van der Waals surface area contributed by atoms with Crippen molar-refractivity contribution in [3.05, 3.63) is 65.9 Å². The summed E-state index contributed by atoms with van der Waals surface area (Å²) in [5.74, 6) is 1.68. The topological polar surface area (TPSA) is 74.0 Å². The Hall–Kier alpha value is -3.32. The molecule has 3 aromatic rings. The first-order valence-corrected chi connectivity index (χ1v) is 9.10. The first-order valence-electron chi connectivity index (χ1n) is 9.10. The molecule has 0 saturated carbocycles. The van der Waals surface area contributed by atoms with E-state index < -0.39 is 0 Å². The van der Waals surface area contributed by atoms with Crippen molar-refractivity contribution in [1.82, 2.24) is 10.1 Å². The normalized spacial score (nSPS) is 18.3. The monoisotopic (exact) mass is 378 g/mol. The van der Waals surface area contributed by atoms with Crippen LogP contribution in [0.2, 0.25) is 0 Å². The fourth-order valence-corrected chi connectivity index (χ4v) is 3.51. The van der Waals surface area contributed by atoms with Crippen LogP contribution in [-0.2, 0) is 4.74 Å². The molecule has 2 aliphatic rings. The lowest BCUT2D eigenvalue weighted by Crippen LogP contribution is -2.43. The van der Waals surface area contributed by atoms with Crippen LogP contribution in [0, 0.1) is 0 Å².